The van der Waals surface area contributed by atoms with E-state index >= 15 is 0 Å². The number of hydrogen-bond donors (Lipinski definition) is 1. The van der Waals surface area contributed by atoms with Crippen LogP contribution in [0.1, 0.15) is 50.0 Å². The highest BCUT2D eigenvalue weighted by atomic mass is 127. The number of rotatable bonds is 2. The topological polar surface area (TPSA) is 23.5 Å². The van der Waals surface area contributed by atoms with Crippen molar-refractivity contribution in [2.75, 3.05) is 13.1 Å². The molecule has 1 aromatic rings. The molecule has 2 nitrogen and oxygen atoms in total. The Morgan fingerprint density at radius 3 is 2.50 bits per heavy atom. The van der Waals surface area contributed by atoms with Crippen LogP contribution in [0.3, 0.4) is 0 Å². The second-order valence-corrected chi connectivity index (χ2v) is 7.53. The van der Waals surface area contributed by atoms with Gasteiger partial charge in [-0.2, -0.15) is 0 Å². The van der Waals surface area contributed by atoms with Gasteiger partial charge in [-0.25, -0.2) is 0 Å². The number of aliphatic hydroxyl groups excluding tert-OH is 1. The lowest BCUT2D eigenvalue weighted by molar-refractivity contribution is 0.00870. The van der Waals surface area contributed by atoms with Crippen molar-refractivity contribution in [1.82, 2.24) is 4.90 Å². The minimum Gasteiger partial charge on any atom is -0.391 e. The Hall–Kier alpha value is -0.130. The molecule has 1 N–H and O–H groups in total. The maximum Gasteiger partial charge on any atom is 0.0695 e. The van der Waals surface area contributed by atoms with E-state index in [9.17, 15) is 5.11 Å². The zero-order chi connectivity index (χ0) is 13.9. The zero-order valence-electron chi connectivity index (χ0n) is 12.0. The standard InChI is InChI=1S/C17H24INO/c18-15-5-3-4-14(12-15)13-8-10-19(11-9-13)16-6-1-2-7-17(16)20/h3-5,12-13,16-17,20H,1-2,6-11H2/t16-,17-/m1/s1. The number of nitrogens with zero attached hydrogens (tertiary/aromatic N) is 1. The molecular weight excluding hydrogens is 361 g/mol. The van der Waals surface area contributed by atoms with E-state index in [0.29, 0.717) is 12.0 Å². The van der Waals surface area contributed by atoms with Gasteiger partial charge in [-0.1, -0.05) is 25.0 Å². The molecule has 20 heavy (non-hydrogen) atoms. The van der Waals surface area contributed by atoms with Crippen molar-refractivity contribution in [2.45, 2.75) is 56.6 Å². The molecule has 0 bridgehead atoms. The zero-order valence-corrected chi connectivity index (χ0v) is 14.1. The Bertz CT molecular complexity index is 442. The molecule has 1 aliphatic carbocycles. The van der Waals surface area contributed by atoms with E-state index < -0.39 is 0 Å². The molecule has 0 unspecified atom stereocenters. The molecule has 0 aromatic heterocycles. The van der Waals surface area contributed by atoms with Crippen LogP contribution in [0.15, 0.2) is 24.3 Å². The summed E-state index contributed by atoms with van der Waals surface area (Å²) in [7, 11) is 0. The largest absolute Gasteiger partial charge is 0.391 e. The number of piperidine rings is 1. The second-order valence-electron chi connectivity index (χ2n) is 6.28. The summed E-state index contributed by atoms with van der Waals surface area (Å²) in [4.78, 5) is 2.55. The van der Waals surface area contributed by atoms with Gasteiger partial charge in [0.2, 0.25) is 0 Å². The molecule has 1 saturated heterocycles. The summed E-state index contributed by atoms with van der Waals surface area (Å²) in [6.07, 6.45) is 7.08. The van der Waals surface area contributed by atoms with Gasteiger partial charge in [-0.15, -0.1) is 0 Å². The molecule has 2 atom stereocenters. The molecule has 2 fully saturated rings. The van der Waals surface area contributed by atoms with Gasteiger partial charge in [0, 0.05) is 9.61 Å². The molecule has 0 amide bonds. The number of hydrogen-bond acceptors (Lipinski definition) is 2. The summed E-state index contributed by atoms with van der Waals surface area (Å²) in [5, 5.41) is 10.2. The Morgan fingerprint density at radius 2 is 1.80 bits per heavy atom. The van der Waals surface area contributed by atoms with Crippen molar-refractivity contribution in [3.63, 3.8) is 0 Å². The minimum atomic E-state index is -0.0852. The highest BCUT2D eigenvalue weighted by Crippen LogP contribution is 2.32. The first-order chi connectivity index (χ1) is 9.74. The fraction of sp³-hybridized carbons (Fsp3) is 0.647. The molecule has 3 heteroatoms. The summed E-state index contributed by atoms with van der Waals surface area (Å²) in [6.45, 7) is 2.30. The van der Waals surface area contributed by atoms with E-state index in [1.54, 1.807) is 0 Å². The van der Waals surface area contributed by atoms with Crippen LogP contribution in [0.25, 0.3) is 0 Å². The molecule has 0 spiro atoms. The Labute approximate surface area is 135 Å². The highest BCUT2D eigenvalue weighted by Gasteiger charge is 2.31. The maximum absolute atomic E-state index is 10.2. The smallest absolute Gasteiger partial charge is 0.0695 e. The lowest BCUT2D eigenvalue weighted by Crippen LogP contribution is -2.48. The summed E-state index contributed by atoms with van der Waals surface area (Å²) in [5.74, 6) is 0.710. The molecule has 110 valence electrons. The van der Waals surface area contributed by atoms with Gasteiger partial charge >= 0.3 is 0 Å². The Morgan fingerprint density at radius 1 is 1.05 bits per heavy atom. The van der Waals surface area contributed by atoms with Gasteiger partial charge in [-0.3, -0.25) is 4.90 Å². The third-order valence-electron chi connectivity index (χ3n) is 5.01. The van der Waals surface area contributed by atoms with E-state index in [1.165, 1.54) is 41.2 Å². The lowest BCUT2D eigenvalue weighted by atomic mass is 9.86. The van der Waals surface area contributed by atoms with Crippen LogP contribution < -0.4 is 0 Å². The number of likely N-dealkylation sites (tertiary alicyclic amines) is 1. The summed E-state index contributed by atoms with van der Waals surface area (Å²) >= 11 is 2.40. The van der Waals surface area contributed by atoms with Crippen molar-refractivity contribution in [3.8, 4) is 0 Å². The fourth-order valence-electron chi connectivity index (χ4n) is 3.84. The summed E-state index contributed by atoms with van der Waals surface area (Å²) < 4.78 is 1.34. The van der Waals surface area contributed by atoms with Gasteiger partial charge < -0.3 is 5.11 Å². The number of halogens is 1. The van der Waals surface area contributed by atoms with Crippen LogP contribution >= 0.6 is 22.6 Å². The van der Waals surface area contributed by atoms with E-state index in [0.717, 1.165) is 19.5 Å². The fourth-order valence-corrected chi connectivity index (χ4v) is 4.41. The van der Waals surface area contributed by atoms with Crippen LogP contribution in [-0.4, -0.2) is 35.2 Å². The van der Waals surface area contributed by atoms with Crippen LogP contribution in [-0.2, 0) is 0 Å². The van der Waals surface area contributed by atoms with Crippen molar-refractivity contribution in [1.29, 1.82) is 0 Å². The van der Waals surface area contributed by atoms with E-state index in [4.69, 9.17) is 0 Å². The molecule has 0 radical (unpaired) electrons. The Kier molecular flexibility index (Phi) is 5.00. The molecule has 1 aliphatic heterocycles. The highest BCUT2D eigenvalue weighted by molar-refractivity contribution is 14.1. The van der Waals surface area contributed by atoms with E-state index in [-0.39, 0.29) is 6.10 Å². The second kappa shape index (κ2) is 6.75. The number of benzene rings is 1. The van der Waals surface area contributed by atoms with E-state index in [1.807, 2.05) is 0 Å². The van der Waals surface area contributed by atoms with Gasteiger partial charge in [-0.05, 0) is 85.0 Å². The molecule has 1 saturated carbocycles. The van der Waals surface area contributed by atoms with Crippen LogP contribution in [0, 0.1) is 3.57 Å². The monoisotopic (exact) mass is 385 g/mol. The van der Waals surface area contributed by atoms with Crippen molar-refractivity contribution >= 4 is 22.6 Å². The minimum absolute atomic E-state index is 0.0852. The quantitative estimate of drug-likeness (QED) is 0.784. The van der Waals surface area contributed by atoms with Crippen LogP contribution in [0.5, 0.6) is 0 Å². The van der Waals surface area contributed by atoms with Crippen molar-refractivity contribution < 1.29 is 5.11 Å². The van der Waals surface area contributed by atoms with Crippen LogP contribution in [0.2, 0.25) is 0 Å². The predicted octanol–water partition coefficient (Wildman–Crippen LogP) is 3.77. The summed E-state index contributed by atoms with van der Waals surface area (Å²) in [6, 6.07) is 9.38. The van der Waals surface area contributed by atoms with Crippen LogP contribution in [0.4, 0.5) is 0 Å². The maximum atomic E-state index is 10.2. The molecule has 2 aliphatic rings. The predicted molar refractivity (Wildman–Crippen MR) is 91.0 cm³/mol. The first kappa shape index (κ1) is 14.8. The Balaban J connectivity index is 1.59. The molecule has 1 aromatic carbocycles. The first-order valence-corrected chi connectivity index (χ1v) is 8.99. The van der Waals surface area contributed by atoms with E-state index in [2.05, 4.69) is 51.8 Å². The average molecular weight is 385 g/mol. The third-order valence-corrected chi connectivity index (χ3v) is 5.68. The van der Waals surface area contributed by atoms with Crippen molar-refractivity contribution in [3.05, 3.63) is 33.4 Å². The van der Waals surface area contributed by atoms with Gasteiger partial charge in [0.05, 0.1) is 6.10 Å². The third kappa shape index (κ3) is 3.37. The molecule has 1 heterocycles. The van der Waals surface area contributed by atoms with Gasteiger partial charge in [0.15, 0.2) is 0 Å². The number of aliphatic hydroxyl groups is 1. The first-order valence-electron chi connectivity index (χ1n) is 7.91. The lowest BCUT2D eigenvalue weighted by Gasteiger charge is -2.41. The van der Waals surface area contributed by atoms with Gasteiger partial charge in [0.1, 0.15) is 0 Å². The van der Waals surface area contributed by atoms with Gasteiger partial charge in [0.25, 0.3) is 0 Å². The summed E-state index contributed by atoms with van der Waals surface area (Å²) in [5.41, 5.74) is 1.50. The molecular formula is C17H24INO. The molecule has 3 rings (SSSR count). The van der Waals surface area contributed by atoms with Crippen molar-refractivity contribution in [2.24, 2.45) is 0 Å². The SMILES string of the molecule is O[C@@H]1CCCC[C@H]1N1CCC(c2cccc(I)c2)CC1. The average Bonchev–Trinajstić information content (AvgIpc) is 2.48. The normalized spacial score (nSPS) is 29.5.